The van der Waals surface area contributed by atoms with Gasteiger partial charge in [0, 0.05) is 39.3 Å². The molecule has 0 spiro atoms. The van der Waals surface area contributed by atoms with Gasteiger partial charge >= 0.3 is 0 Å². The van der Waals surface area contributed by atoms with E-state index in [4.69, 9.17) is 5.73 Å². The van der Waals surface area contributed by atoms with Gasteiger partial charge in [0.05, 0.1) is 4.90 Å². The molecule has 0 aliphatic rings. The zero-order valence-electron chi connectivity index (χ0n) is 15.1. The van der Waals surface area contributed by atoms with Crippen LogP contribution in [0.5, 0.6) is 0 Å². The number of hydrogen-bond acceptors (Lipinski definition) is 4. The molecule has 0 heterocycles. The Morgan fingerprint density at radius 3 is 2.31 bits per heavy atom. The fourth-order valence-electron chi connectivity index (χ4n) is 2.56. The summed E-state index contributed by atoms with van der Waals surface area (Å²) in [4.78, 5) is 14.6. The molecule has 0 radical (unpaired) electrons. The van der Waals surface area contributed by atoms with Crippen LogP contribution in [-0.2, 0) is 16.4 Å². The molecule has 2 aromatic carbocycles. The summed E-state index contributed by atoms with van der Waals surface area (Å²) >= 11 is 0. The minimum Gasteiger partial charge on any atom is -0.337 e. The maximum absolute atomic E-state index is 12.9. The largest absolute Gasteiger partial charge is 0.337 e. The molecule has 0 bridgehead atoms. The van der Waals surface area contributed by atoms with E-state index in [-0.39, 0.29) is 10.8 Å². The molecule has 2 aromatic rings. The van der Waals surface area contributed by atoms with Crippen LogP contribution in [0.1, 0.15) is 15.9 Å². The van der Waals surface area contributed by atoms with Crippen molar-refractivity contribution >= 4 is 15.9 Å². The Hall–Kier alpha value is -2.22. The fraction of sp³-hybridized carbons (Fsp3) is 0.316. The molecule has 1 amide bonds. The molecule has 140 valence electrons. The van der Waals surface area contributed by atoms with Gasteiger partial charge in [0.1, 0.15) is 0 Å². The number of amides is 1. The summed E-state index contributed by atoms with van der Waals surface area (Å²) in [6.45, 7) is 1.28. The van der Waals surface area contributed by atoms with Gasteiger partial charge < -0.3 is 10.6 Å². The van der Waals surface area contributed by atoms with Crippen LogP contribution in [0.15, 0.2) is 59.5 Å². The maximum atomic E-state index is 12.9. The number of carbonyl (C=O) groups excluding carboxylic acids is 1. The lowest BCUT2D eigenvalue weighted by Gasteiger charge is -2.22. The normalized spacial score (nSPS) is 11.5. The summed E-state index contributed by atoms with van der Waals surface area (Å²) in [5.74, 6) is -0.220. The second-order valence-electron chi connectivity index (χ2n) is 6.13. The van der Waals surface area contributed by atoms with Crippen LogP contribution in [0.4, 0.5) is 0 Å². The monoisotopic (exact) mass is 375 g/mol. The first-order valence-electron chi connectivity index (χ1n) is 8.42. The minimum absolute atomic E-state index is 0.101. The van der Waals surface area contributed by atoms with Gasteiger partial charge in [0.15, 0.2) is 0 Å². The minimum atomic E-state index is -3.59. The van der Waals surface area contributed by atoms with E-state index in [0.29, 0.717) is 31.6 Å². The van der Waals surface area contributed by atoms with E-state index in [2.05, 4.69) is 0 Å². The van der Waals surface area contributed by atoms with Crippen LogP contribution in [0.3, 0.4) is 0 Å². The van der Waals surface area contributed by atoms with Crippen molar-refractivity contribution in [1.82, 2.24) is 9.21 Å². The Morgan fingerprint density at radius 1 is 1.00 bits per heavy atom. The topological polar surface area (TPSA) is 83.7 Å². The van der Waals surface area contributed by atoms with E-state index in [9.17, 15) is 13.2 Å². The third kappa shape index (κ3) is 4.91. The Labute approximate surface area is 155 Å². The predicted octanol–water partition coefficient (Wildman–Crippen LogP) is 1.58. The average Bonchev–Trinajstić information content (AvgIpc) is 2.65. The van der Waals surface area contributed by atoms with E-state index >= 15 is 0 Å². The van der Waals surface area contributed by atoms with E-state index < -0.39 is 10.0 Å². The van der Waals surface area contributed by atoms with E-state index in [1.54, 1.807) is 17.0 Å². The zero-order valence-corrected chi connectivity index (χ0v) is 15.9. The van der Waals surface area contributed by atoms with Gasteiger partial charge in [0.2, 0.25) is 10.0 Å². The van der Waals surface area contributed by atoms with Crippen LogP contribution in [-0.4, -0.2) is 57.3 Å². The highest BCUT2D eigenvalue weighted by atomic mass is 32.2. The summed E-state index contributed by atoms with van der Waals surface area (Å²) in [5, 5.41) is 0. The molecule has 0 saturated heterocycles. The molecule has 2 N–H and O–H groups in total. The van der Waals surface area contributed by atoms with Crippen LogP contribution in [0, 0.1) is 0 Å². The number of nitrogens with two attached hydrogens (primary N) is 1. The van der Waals surface area contributed by atoms with E-state index in [0.717, 1.165) is 9.87 Å². The molecule has 0 aliphatic carbocycles. The van der Waals surface area contributed by atoms with Crippen molar-refractivity contribution in [3.63, 3.8) is 0 Å². The molecule has 0 atom stereocenters. The second-order valence-corrected chi connectivity index (χ2v) is 8.28. The predicted molar refractivity (Wildman–Crippen MR) is 102 cm³/mol. The van der Waals surface area contributed by atoms with Crippen molar-refractivity contribution in [2.24, 2.45) is 5.73 Å². The summed E-state index contributed by atoms with van der Waals surface area (Å²) in [5.41, 5.74) is 7.13. The third-order valence-corrected chi connectivity index (χ3v) is 5.87. The third-order valence-electron chi connectivity index (χ3n) is 4.06. The van der Waals surface area contributed by atoms with Crippen molar-refractivity contribution in [1.29, 1.82) is 0 Å². The van der Waals surface area contributed by atoms with Gasteiger partial charge in [-0.3, -0.25) is 4.79 Å². The molecular formula is C19H25N3O3S. The Morgan fingerprint density at radius 2 is 1.69 bits per heavy atom. The van der Waals surface area contributed by atoms with Crippen LogP contribution in [0.25, 0.3) is 0 Å². The SMILES string of the molecule is CN(C)S(=O)(=O)c1cccc(C(=O)N(CCN)CCc2ccccc2)c1. The number of sulfonamides is 1. The highest BCUT2D eigenvalue weighted by molar-refractivity contribution is 7.89. The molecule has 0 saturated carbocycles. The van der Waals surface area contributed by atoms with Gasteiger partial charge in [0.25, 0.3) is 5.91 Å². The molecule has 6 nitrogen and oxygen atoms in total. The smallest absolute Gasteiger partial charge is 0.253 e. The van der Waals surface area contributed by atoms with Gasteiger partial charge in [-0.1, -0.05) is 36.4 Å². The molecule has 0 aromatic heterocycles. The van der Waals surface area contributed by atoms with Crippen molar-refractivity contribution in [2.75, 3.05) is 33.7 Å². The fourth-order valence-corrected chi connectivity index (χ4v) is 3.51. The quantitative estimate of drug-likeness (QED) is 0.759. The number of carbonyl (C=O) groups is 1. The highest BCUT2D eigenvalue weighted by Gasteiger charge is 2.21. The summed E-state index contributed by atoms with van der Waals surface area (Å²) < 4.78 is 25.7. The van der Waals surface area contributed by atoms with Crippen molar-refractivity contribution in [2.45, 2.75) is 11.3 Å². The van der Waals surface area contributed by atoms with Gasteiger partial charge in [-0.05, 0) is 30.2 Å². The molecule has 26 heavy (non-hydrogen) atoms. The molecule has 2 rings (SSSR count). The summed E-state index contributed by atoms with van der Waals surface area (Å²) in [6, 6.07) is 16.0. The molecular weight excluding hydrogens is 350 g/mol. The standard InChI is InChI=1S/C19H25N3O3S/c1-21(2)26(24,25)18-10-6-9-17(15-18)19(23)22(14-12-20)13-11-16-7-4-3-5-8-16/h3-10,15H,11-14,20H2,1-2H3. The first-order valence-corrected chi connectivity index (χ1v) is 9.86. The lowest BCUT2D eigenvalue weighted by molar-refractivity contribution is 0.0762. The molecule has 7 heteroatoms. The maximum Gasteiger partial charge on any atom is 0.253 e. The Bertz CT molecular complexity index is 836. The molecule has 0 fully saturated rings. The van der Waals surface area contributed by atoms with Crippen molar-refractivity contribution in [3.05, 3.63) is 65.7 Å². The van der Waals surface area contributed by atoms with Crippen LogP contribution in [0.2, 0.25) is 0 Å². The van der Waals surface area contributed by atoms with Crippen molar-refractivity contribution < 1.29 is 13.2 Å². The highest BCUT2D eigenvalue weighted by Crippen LogP contribution is 2.16. The van der Waals surface area contributed by atoms with Gasteiger partial charge in [-0.25, -0.2) is 12.7 Å². The number of nitrogens with zero attached hydrogens (tertiary/aromatic N) is 2. The van der Waals surface area contributed by atoms with Crippen molar-refractivity contribution in [3.8, 4) is 0 Å². The molecule has 0 aliphatic heterocycles. The number of hydrogen-bond donors (Lipinski definition) is 1. The van der Waals surface area contributed by atoms with Gasteiger partial charge in [-0.15, -0.1) is 0 Å². The Balaban J connectivity index is 2.20. The second kappa shape index (κ2) is 8.93. The van der Waals surface area contributed by atoms with E-state index in [1.807, 2.05) is 30.3 Å². The number of benzene rings is 2. The Kier molecular flexibility index (Phi) is 6.90. The average molecular weight is 375 g/mol. The summed E-state index contributed by atoms with van der Waals surface area (Å²) in [7, 11) is -0.663. The van der Waals surface area contributed by atoms with E-state index in [1.165, 1.54) is 26.2 Å². The first-order chi connectivity index (χ1) is 12.4. The zero-order chi connectivity index (χ0) is 19.2. The summed E-state index contributed by atoms with van der Waals surface area (Å²) in [6.07, 6.45) is 0.711. The first kappa shape index (κ1) is 20.1. The number of rotatable bonds is 8. The molecule has 0 unspecified atom stereocenters. The van der Waals surface area contributed by atoms with Gasteiger partial charge in [-0.2, -0.15) is 0 Å². The lowest BCUT2D eigenvalue weighted by Crippen LogP contribution is -2.37. The van der Waals surface area contributed by atoms with Crippen LogP contribution >= 0.6 is 0 Å². The van der Waals surface area contributed by atoms with Crippen LogP contribution < -0.4 is 5.73 Å². The lowest BCUT2D eigenvalue weighted by atomic mass is 10.1.